The summed E-state index contributed by atoms with van der Waals surface area (Å²) < 4.78 is 5.48. The Hall–Kier alpha value is -2.08. The Morgan fingerprint density at radius 2 is 2.10 bits per heavy atom. The molecule has 0 aliphatic rings. The van der Waals surface area contributed by atoms with Crippen LogP contribution in [-0.2, 0) is 4.79 Å². The van der Waals surface area contributed by atoms with E-state index in [9.17, 15) is 4.79 Å². The maximum atomic E-state index is 11.8. The molecule has 0 saturated heterocycles. The minimum absolute atomic E-state index is 0.102. The number of nitrogens with zero attached hydrogens (tertiary/aromatic N) is 1. The Balaban J connectivity index is 1.75. The molecule has 112 valence electrons. The molecule has 1 amide bonds. The molecule has 2 aromatic rings. The number of rotatable bonds is 6. The van der Waals surface area contributed by atoms with Crippen molar-refractivity contribution in [2.24, 2.45) is 0 Å². The minimum Gasteiger partial charge on any atom is -0.493 e. The van der Waals surface area contributed by atoms with E-state index in [4.69, 9.17) is 10.5 Å². The second-order valence-corrected chi connectivity index (χ2v) is 5.81. The number of aromatic nitrogens is 1. The van der Waals surface area contributed by atoms with Gasteiger partial charge in [-0.25, -0.2) is 4.98 Å². The van der Waals surface area contributed by atoms with Crippen molar-refractivity contribution >= 4 is 28.1 Å². The fourth-order valence-corrected chi connectivity index (χ4v) is 2.50. The molecular formula is C15H19N3O2S. The quantitative estimate of drug-likeness (QED) is 0.803. The number of thiazole rings is 1. The summed E-state index contributed by atoms with van der Waals surface area (Å²) in [5, 5.41) is 5.38. The minimum atomic E-state index is -0.102. The fraction of sp³-hybridized carbons (Fsp3) is 0.333. The first-order chi connectivity index (χ1) is 10.0. The van der Waals surface area contributed by atoms with Gasteiger partial charge in [-0.05, 0) is 30.2 Å². The van der Waals surface area contributed by atoms with Gasteiger partial charge in [-0.1, -0.05) is 13.8 Å². The summed E-state index contributed by atoms with van der Waals surface area (Å²) in [5.74, 6) is 0.962. The van der Waals surface area contributed by atoms with Crippen molar-refractivity contribution in [2.75, 3.05) is 17.7 Å². The standard InChI is InChI=1S/C15H19N3O2S/c1-10(2)13-9-21-15(17-13)18-14(19)7-8-20-12-5-3-11(16)4-6-12/h3-6,9-10H,7-8,16H2,1-2H3,(H,17,18,19). The predicted molar refractivity (Wildman–Crippen MR) is 85.8 cm³/mol. The van der Waals surface area contributed by atoms with Crippen LogP contribution in [0.2, 0.25) is 0 Å². The van der Waals surface area contributed by atoms with Crippen molar-refractivity contribution in [3.63, 3.8) is 0 Å². The monoisotopic (exact) mass is 305 g/mol. The molecule has 6 heteroatoms. The van der Waals surface area contributed by atoms with Crippen molar-refractivity contribution in [3.8, 4) is 5.75 Å². The van der Waals surface area contributed by atoms with E-state index in [1.807, 2.05) is 5.38 Å². The molecule has 0 aliphatic heterocycles. The van der Waals surface area contributed by atoms with Crippen molar-refractivity contribution in [1.82, 2.24) is 4.98 Å². The van der Waals surface area contributed by atoms with Gasteiger partial charge in [0, 0.05) is 11.1 Å². The number of carbonyl (C=O) groups excluding carboxylic acids is 1. The number of nitrogens with one attached hydrogen (secondary N) is 1. The number of ether oxygens (including phenoxy) is 1. The Morgan fingerprint density at radius 3 is 2.71 bits per heavy atom. The van der Waals surface area contributed by atoms with Crippen LogP contribution in [-0.4, -0.2) is 17.5 Å². The Morgan fingerprint density at radius 1 is 1.38 bits per heavy atom. The van der Waals surface area contributed by atoms with Gasteiger partial charge in [-0.15, -0.1) is 11.3 Å². The molecule has 0 unspecified atom stereocenters. The number of hydrogen-bond donors (Lipinski definition) is 2. The lowest BCUT2D eigenvalue weighted by atomic mass is 10.2. The molecule has 0 bridgehead atoms. The zero-order chi connectivity index (χ0) is 15.2. The highest BCUT2D eigenvalue weighted by Crippen LogP contribution is 2.21. The first kappa shape index (κ1) is 15.3. The zero-order valence-electron chi connectivity index (χ0n) is 12.1. The number of nitrogen functional groups attached to an aromatic ring is 1. The second-order valence-electron chi connectivity index (χ2n) is 4.95. The number of hydrogen-bond acceptors (Lipinski definition) is 5. The number of benzene rings is 1. The van der Waals surface area contributed by atoms with E-state index in [-0.39, 0.29) is 12.3 Å². The van der Waals surface area contributed by atoms with Crippen LogP contribution < -0.4 is 15.8 Å². The Labute approximate surface area is 128 Å². The van der Waals surface area contributed by atoms with Crippen LogP contribution in [0.15, 0.2) is 29.6 Å². The summed E-state index contributed by atoms with van der Waals surface area (Å²) in [6, 6.07) is 7.09. The van der Waals surface area contributed by atoms with Crippen LogP contribution in [0.4, 0.5) is 10.8 Å². The molecule has 0 fully saturated rings. The molecule has 0 radical (unpaired) electrons. The van der Waals surface area contributed by atoms with E-state index < -0.39 is 0 Å². The molecule has 0 spiro atoms. The van der Waals surface area contributed by atoms with Crippen LogP contribution in [0.3, 0.4) is 0 Å². The van der Waals surface area contributed by atoms with Crippen LogP contribution in [0, 0.1) is 0 Å². The van der Waals surface area contributed by atoms with E-state index in [2.05, 4.69) is 24.1 Å². The van der Waals surface area contributed by atoms with Crippen molar-refractivity contribution in [3.05, 3.63) is 35.3 Å². The van der Waals surface area contributed by atoms with Gasteiger partial charge in [0.15, 0.2) is 5.13 Å². The topological polar surface area (TPSA) is 77.2 Å². The maximum absolute atomic E-state index is 11.8. The van der Waals surface area contributed by atoms with Gasteiger partial charge < -0.3 is 15.8 Å². The van der Waals surface area contributed by atoms with Gasteiger partial charge in [0.2, 0.25) is 5.91 Å². The highest BCUT2D eigenvalue weighted by molar-refractivity contribution is 7.13. The molecule has 1 aromatic heterocycles. The third-order valence-corrected chi connectivity index (χ3v) is 3.61. The van der Waals surface area contributed by atoms with Crippen LogP contribution >= 0.6 is 11.3 Å². The number of amides is 1. The maximum Gasteiger partial charge on any atom is 0.229 e. The van der Waals surface area contributed by atoms with Crippen LogP contribution in [0.25, 0.3) is 0 Å². The SMILES string of the molecule is CC(C)c1csc(NC(=O)CCOc2ccc(N)cc2)n1. The lowest BCUT2D eigenvalue weighted by Crippen LogP contribution is -2.15. The molecule has 21 heavy (non-hydrogen) atoms. The fourth-order valence-electron chi connectivity index (χ4n) is 1.62. The average Bonchev–Trinajstić information content (AvgIpc) is 2.90. The first-order valence-corrected chi connectivity index (χ1v) is 7.66. The third-order valence-electron chi connectivity index (χ3n) is 2.84. The first-order valence-electron chi connectivity index (χ1n) is 6.78. The molecule has 1 heterocycles. The second kappa shape index (κ2) is 7.08. The molecule has 3 N–H and O–H groups in total. The molecule has 0 saturated carbocycles. The molecule has 0 atom stereocenters. The summed E-state index contributed by atoms with van der Waals surface area (Å²) in [4.78, 5) is 16.1. The highest BCUT2D eigenvalue weighted by atomic mass is 32.1. The van der Waals surface area contributed by atoms with Gasteiger partial charge in [0.25, 0.3) is 0 Å². The number of carbonyl (C=O) groups is 1. The Bertz CT molecular complexity index is 593. The van der Waals surface area contributed by atoms with Crippen molar-refractivity contribution < 1.29 is 9.53 Å². The predicted octanol–water partition coefficient (Wildman–Crippen LogP) is 3.26. The molecule has 5 nitrogen and oxygen atoms in total. The summed E-state index contributed by atoms with van der Waals surface area (Å²) >= 11 is 1.44. The van der Waals surface area contributed by atoms with E-state index in [1.54, 1.807) is 24.3 Å². The van der Waals surface area contributed by atoms with E-state index in [0.29, 0.717) is 29.1 Å². The van der Waals surface area contributed by atoms with Crippen LogP contribution in [0.1, 0.15) is 31.9 Å². The van der Waals surface area contributed by atoms with Crippen molar-refractivity contribution in [2.45, 2.75) is 26.2 Å². The highest BCUT2D eigenvalue weighted by Gasteiger charge is 2.08. The van der Waals surface area contributed by atoms with Gasteiger partial charge in [-0.3, -0.25) is 4.79 Å². The molecule has 0 aliphatic carbocycles. The van der Waals surface area contributed by atoms with E-state index in [0.717, 1.165) is 5.69 Å². The number of nitrogens with two attached hydrogens (primary N) is 1. The smallest absolute Gasteiger partial charge is 0.229 e. The number of anilines is 2. The normalized spacial score (nSPS) is 10.6. The molecule has 1 aromatic carbocycles. The van der Waals surface area contributed by atoms with Crippen LogP contribution in [0.5, 0.6) is 5.75 Å². The van der Waals surface area contributed by atoms with Crippen molar-refractivity contribution in [1.29, 1.82) is 0 Å². The lowest BCUT2D eigenvalue weighted by Gasteiger charge is -2.06. The average molecular weight is 305 g/mol. The van der Waals surface area contributed by atoms with E-state index >= 15 is 0 Å². The largest absolute Gasteiger partial charge is 0.493 e. The van der Waals surface area contributed by atoms with Gasteiger partial charge in [-0.2, -0.15) is 0 Å². The summed E-state index contributed by atoms with van der Waals surface area (Å²) in [5.41, 5.74) is 7.27. The van der Waals surface area contributed by atoms with Gasteiger partial charge in [0.1, 0.15) is 5.75 Å². The third kappa shape index (κ3) is 4.75. The summed E-state index contributed by atoms with van der Waals surface area (Å²) in [6.45, 7) is 4.46. The van der Waals surface area contributed by atoms with Gasteiger partial charge in [0.05, 0.1) is 18.7 Å². The molecule has 2 rings (SSSR count). The van der Waals surface area contributed by atoms with E-state index in [1.165, 1.54) is 11.3 Å². The Kier molecular flexibility index (Phi) is 5.16. The molecular weight excluding hydrogens is 286 g/mol. The zero-order valence-corrected chi connectivity index (χ0v) is 12.9. The lowest BCUT2D eigenvalue weighted by molar-refractivity contribution is -0.116. The van der Waals surface area contributed by atoms with Gasteiger partial charge >= 0.3 is 0 Å². The summed E-state index contributed by atoms with van der Waals surface area (Å²) in [6.07, 6.45) is 0.279. The summed E-state index contributed by atoms with van der Waals surface area (Å²) in [7, 11) is 0.